The highest BCUT2D eigenvalue weighted by Crippen LogP contribution is 2.38. The molecule has 0 saturated carbocycles. The van der Waals surface area contributed by atoms with Crippen LogP contribution in [0.4, 0.5) is 17.1 Å². The molecule has 0 atom stereocenters. The van der Waals surface area contributed by atoms with Crippen LogP contribution in [0.1, 0.15) is 37.4 Å². The molecule has 1 aliphatic rings. The Balaban J connectivity index is 1.90. The van der Waals surface area contributed by atoms with E-state index >= 15 is 0 Å². The van der Waals surface area contributed by atoms with Gasteiger partial charge in [-0.25, -0.2) is 4.85 Å². The fourth-order valence-corrected chi connectivity index (χ4v) is 3.73. The van der Waals surface area contributed by atoms with Crippen molar-refractivity contribution in [2.75, 3.05) is 0 Å². The van der Waals surface area contributed by atoms with Crippen LogP contribution in [0, 0.1) is 13.5 Å². The van der Waals surface area contributed by atoms with Crippen LogP contribution in [0.25, 0.3) is 4.85 Å². The van der Waals surface area contributed by atoms with E-state index in [4.69, 9.17) is 18.2 Å². The molecule has 2 aromatic carbocycles. The van der Waals surface area contributed by atoms with Crippen LogP contribution in [0.15, 0.2) is 51.4 Å². The summed E-state index contributed by atoms with van der Waals surface area (Å²) in [6.07, 6.45) is 0. The number of nitrogens with zero attached hydrogens (tertiary/aromatic N) is 4. The van der Waals surface area contributed by atoms with E-state index in [-0.39, 0.29) is 49.9 Å². The highest BCUT2D eigenvalue weighted by Gasteiger charge is 2.33. The number of aromatic hydroxyl groups is 1. The van der Waals surface area contributed by atoms with Gasteiger partial charge in [-0.3, -0.25) is 19.0 Å². The zero-order valence-corrected chi connectivity index (χ0v) is 17.1. The number of halogens is 1. The summed E-state index contributed by atoms with van der Waals surface area (Å²) < 4.78 is 0.891. The van der Waals surface area contributed by atoms with E-state index in [1.54, 1.807) is 18.2 Å². The second-order valence-electron chi connectivity index (χ2n) is 6.84. The van der Waals surface area contributed by atoms with Gasteiger partial charge in [0.15, 0.2) is 17.4 Å². The molecule has 0 radical (unpaired) electrons. The van der Waals surface area contributed by atoms with Crippen molar-refractivity contribution < 1.29 is 14.7 Å². The number of carbonyl (C=O) groups excluding carboxylic acids is 2. The average molecular weight is 433 g/mol. The number of aromatic nitrogens is 1. The van der Waals surface area contributed by atoms with Crippen molar-refractivity contribution in [3.05, 3.63) is 91.0 Å². The summed E-state index contributed by atoms with van der Waals surface area (Å²) in [4.78, 5) is 41.8. The standard InChI is InChI=1S/C22H13ClN4O4/c1-10-17(24-2)21(30)27(3)22(31)18(10)26-25-14-9-5-7-12-16(14)20(29)11-6-4-8-13(23)15(11)19(12)28/h4-9,30H,1,3H3. The van der Waals surface area contributed by atoms with Gasteiger partial charge in [-0.1, -0.05) is 35.9 Å². The SMILES string of the molecule is [C-]#[N+]c1c(C)c(N=Nc2cccc3c2C(=O)c2cccc(Cl)c2C3=O)c(=O)n(C)c1O. The highest BCUT2D eigenvalue weighted by atomic mass is 35.5. The number of benzene rings is 2. The maximum atomic E-state index is 13.1. The van der Waals surface area contributed by atoms with E-state index < -0.39 is 23.0 Å². The summed E-state index contributed by atoms with van der Waals surface area (Å²) in [5.74, 6) is -1.30. The van der Waals surface area contributed by atoms with Crippen molar-refractivity contribution >= 4 is 40.2 Å². The van der Waals surface area contributed by atoms with Gasteiger partial charge in [0.2, 0.25) is 5.69 Å². The lowest BCUT2D eigenvalue weighted by Crippen LogP contribution is -2.21. The number of fused-ring (bicyclic) bond motifs is 2. The minimum absolute atomic E-state index is 0.0599. The molecule has 0 aliphatic heterocycles. The van der Waals surface area contributed by atoms with E-state index in [0.29, 0.717) is 0 Å². The second-order valence-corrected chi connectivity index (χ2v) is 7.25. The van der Waals surface area contributed by atoms with E-state index in [1.165, 1.54) is 32.2 Å². The molecule has 0 unspecified atom stereocenters. The number of ketones is 2. The van der Waals surface area contributed by atoms with Gasteiger partial charge in [0.1, 0.15) is 5.69 Å². The number of hydrogen-bond donors (Lipinski definition) is 1. The molecule has 0 spiro atoms. The van der Waals surface area contributed by atoms with Gasteiger partial charge in [0.05, 0.1) is 28.4 Å². The lowest BCUT2D eigenvalue weighted by atomic mass is 9.83. The van der Waals surface area contributed by atoms with Crippen molar-refractivity contribution in [3.8, 4) is 5.88 Å². The number of hydrogen-bond acceptors (Lipinski definition) is 6. The van der Waals surface area contributed by atoms with Gasteiger partial charge in [-0.15, -0.1) is 10.2 Å². The Kier molecular flexibility index (Phi) is 4.76. The second kappa shape index (κ2) is 7.31. The van der Waals surface area contributed by atoms with Gasteiger partial charge in [0, 0.05) is 18.2 Å². The lowest BCUT2D eigenvalue weighted by molar-refractivity contribution is 0.0979. The van der Waals surface area contributed by atoms with Crippen LogP contribution < -0.4 is 5.56 Å². The van der Waals surface area contributed by atoms with E-state index in [9.17, 15) is 19.5 Å². The van der Waals surface area contributed by atoms with Crippen molar-refractivity contribution in [1.29, 1.82) is 0 Å². The molecule has 0 saturated heterocycles. The number of carbonyl (C=O) groups is 2. The zero-order chi connectivity index (χ0) is 22.4. The Morgan fingerprint density at radius 1 is 1.00 bits per heavy atom. The molecule has 0 bridgehead atoms. The summed E-state index contributed by atoms with van der Waals surface area (Å²) in [5, 5.41) is 18.2. The first-order chi connectivity index (χ1) is 14.8. The highest BCUT2D eigenvalue weighted by molar-refractivity contribution is 6.39. The molecule has 31 heavy (non-hydrogen) atoms. The first kappa shape index (κ1) is 20.2. The minimum Gasteiger partial charge on any atom is -0.503 e. The first-order valence-corrected chi connectivity index (χ1v) is 9.38. The smallest absolute Gasteiger partial charge is 0.278 e. The lowest BCUT2D eigenvalue weighted by Gasteiger charge is -2.19. The Bertz CT molecular complexity index is 1450. The van der Waals surface area contributed by atoms with Gasteiger partial charge in [-0.2, -0.15) is 0 Å². The van der Waals surface area contributed by atoms with Gasteiger partial charge in [-0.05, 0) is 24.6 Å². The van der Waals surface area contributed by atoms with Crippen LogP contribution in [0.2, 0.25) is 5.02 Å². The zero-order valence-electron chi connectivity index (χ0n) is 16.3. The third-order valence-electron chi connectivity index (χ3n) is 5.12. The predicted octanol–water partition coefficient (Wildman–Crippen LogP) is 4.79. The van der Waals surface area contributed by atoms with Gasteiger partial charge in [0.25, 0.3) is 5.56 Å². The van der Waals surface area contributed by atoms with E-state index in [2.05, 4.69) is 15.1 Å². The van der Waals surface area contributed by atoms with Crippen LogP contribution in [0.3, 0.4) is 0 Å². The van der Waals surface area contributed by atoms with Crippen molar-refractivity contribution in [2.45, 2.75) is 6.92 Å². The molecule has 152 valence electrons. The minimum atomic E-state index is -0.657. The Morgan fingerprint density at radius 2 is 1.61 bits per heavy atom. The summed E-state index contributed by atoms with van der Waals surface area (Å²) in [7, 11) is 1.30. The molecule has 4 rings (SSSR count). The largest absolute Gasteiger partial charge is 0.503 e. The predicted molar refractivity (Wildman–Crippen MR) is 113 cm³/mol. The fraction of sp³-hybridized carbons (Fsp3) is 0.0909. The Labute approximate surface area is 180 Å². The molecule has 0 amide bonds. The van der Waals surface area contributed by atoms with Crippen LogP contribution in [-0.2, 0) is 7.05 Å². The molecule has 1 heterocycles. The molecule has 9 heteroatoms. The third-order valence-corrected chi connectivity index (χ3v) is 5.43. The molecule has 1 aliphatic carbocycles. The maximum Gasteiger partial charge on any atom is 0.278 e. The summed E-state index contributed by atoms with van der Waals surface area (Å²) in [5.41, 5.74) is -0.174. The molecule has 8 nitrogen and oxygen atoms in total. The summed E-state index contributed by atoms with van der Waals surface area (Å²) in [6, 6.07) is 9.18. The molecular formula is C22H13ClN4O4. The number of rotatable bonds is 2. The van der Waals surface area contributed by atoms with E-state index in [0.717, 1.165) is 4.57 Å². The molecular weight excluding hydrogens is 420 g/mol. The Morgan fingerprint density at radius 3 is 2.29 bits per heavy atom. The molecule has 0 fully saturated rings. The van der Waals surface area contributed by atoms with Gasteiger partial charge >= 0.3 is 0 Å². The quantitative estimate of drug-likeness (QED) is 0.363. The topological polar surface area (TPSA) is 105 Å². The van der Waals surface area contributed by atoms with Crippen molar-refractivity contribution in [3.63, 3.8) is 0 Å². The summed E-state index contributed by atoms with van der Waals surface area (Å²) >= 11 is 6.14. The van der Waals surface area contributed by atoms with Gasteiger partial charge < -0.3 is 5.11 Å². The Hall–Kier alpha value is -4.09. The monoisotopic (exact) mass is 432 g/mol. The van der Waals surface area contributed by atoms with Crippen LogP contribution >= 0.6 is 11.6 Å². The molecule has 1 N–H and O–H groups in total. The molecule has 3 aromatic rings. The number of pyridine rings is 1. The molecule has 1 aromatic heterocycles. The normalized spacial score (nSPS) is 12.6. The number of azo groups is 1. The fourth-order valence-electron chi connectivity index (χ4n) is 3.47. The average Bonchev–Trinajstić information content (AvgIpc) is 2.76. The van der Waals surface area contributed by atoms with E-state index in [1.807, 2.05) is 0 Å². The van der Waals surface area contributed by atoms with Crippen LogP contribution in [-0.4, -0.2) is 21.2 Å². The van der Waals surface area contributed by atoms with Crippen LogP contribution in [0.5, 0.6) is 5.88 Å². The van der Waals surface area contributed by atoms with Crippen molar-refractivity contribution in [1.82, 2.24) is 4.57 Å². The maximum absolute atomic E-state index is 13.1. The van der Waals surface area contributed by atoms with Crippen molar-refractivity contribution in [2.24, 2.45) is 17.3 Å². The third kappa shape index (κ3) is 2.95. The summed E-state index contributed by atoms with van der Waals surface area (Å²) in [6.45, 7) is 8.70. The first-order valence-electron chi connectivity index (χ1n) is 9.00.